The Morgan fingerprint density at radius 1 is 1.35 bits per heavy atom. The van der Waals surface area contributed by atoms with Gasteiger partial charge in [-0.2, -0.15) is 5.10 Å². The number of nitrogens with zero attached hydrogens (tertiary/aromatic N) is 1. The fourth-order valence-electron chi connectivity index (χ4n) is 1.77. The fourth-order valence-corrected chi connectivity index (χ4v) is 1.77. The number of hydrogen-bond donors (Lipinski definition) is 3. The quantitative estimate of drug-likeness (QED) is 0.802. The van der Waals surface area contributed by atoms with Crippen LogP contribution >= 0.6 is 0 Å². The van der Waals surface area contributed by atoms with E-state index in [1.165, 1.54) is 7.05 Å². The van der Waals surface area contributed by atoms with Gasteiger partial charge in [0.25, 0.3) is 5.91 Å². The first-order valence-corrected chi connectivity index (χ1v) is 5.96. The summed E-state index contributed by atoms with van der Waals surface area (Å²) in [5.74, 6) is -2.17. The van der Waals surface area contributed by atoms with Crippen molar-refractivity contribution in [3.05, 3.63) is 46.8 Å². The van der Waals surface area contributed by atoms with E-state index in [-0.39, 0.29) is 17.8 Å². The summed E-state index contributed by atoms with van der Waals surface area (Å²) < 4.78 is 27.1. The first-order valence-electron chi connectivity index (χ1n) is 5.96. The summed E-state index contributed by atoms with van der Waals surface area (Å²) in [6.07, 6.45) is 1.58. The number of carbonyl (C=O) groups excluding carboxylic acids is 1. The van der Waals surface area contributed by atoms with Gasteiger partial charge in [-0.1, -0.05) is 0 Å². The van der Waals surface area contributed by atoms with Crippen LogP contribution in [0.3, 0.4) is 0 Å². The Balaban J connectivity index is 2.12. The number of amides is 1. The molecule has 0 atom stereocenters. The van der Waals surface area contributed by atoms with Gasteiger partial charge < -0.3 is 10.6 Å². The molecule has 20 heavy (non-hydrogen) atoms. The second-order valence-electron chi connectivity index (χ2n) is 4.27. The molecule has 106 valence electrons. The number of hydrogen-bond acceptors (Lipinski definition) is 3. The highest BCUT2D eigenvalue weighted by atomic mass is 19.1. The van der Waals surface area contributed by atoms with Gasteiger partial charge in [0.1, 0.15) is 17.3 Å². The van der Waals surface area contributed by atoms with Crippen molar-refractivity contribution in [3.63, 3.8) is 0 Å². The molecule has 0 unspecified atom stereocenters. The minimum absolute atomic E-state index is 0.0693. The number of halogens is 2. The van der Waals surface area contributed by atoms with Crippen LogP contribution < -0.4 is 10.6 Å². The van der Waals surface area contributed by atoms with E-state index in [1.807, 2.05) is 6.92 Å². The first kappa shape index (κ1) is 14.0. The minimum Gasteiger partial charge on any atom is -0.383 e. The van der Waals surface area contributed by atoms with Crippen LogP contribution in [0, 0.1) is 18.6 Å². The summed E-state index contributed by atoms with van der Waals surface area (Å²) in [6.45, 7) is 2.05. The van der Waals surface area contributed by atoms with Gasteiger partial charge in [-0.05, 0) is 19.1 Å². The third-order valence-electron chi connectivity index (χ3n) is 2.93. The van der Waals surface area contributed by atoms with Gasteiger partial charge in [0.2, 0.25) is 0 Å². The number of carbonyl (C=O) groups is 1. The normalized spacial score (nSPS) is 10.4. The summed E-state index contributed by atoms with van der Waals surface area (Å²) in [5, 5.41) is 11.5. The van der Waals surface area contributed by atoms with Crippen LogP contribution in [0.5, 0.6) is 0 Å². The number of aromatic amines is 1. The molecule has 0 aliphatic carbocycles. The molecule has 3 N–H and O–H groups in total. The van der Waals surface area contributed by atoms with Crippen molar-refractivity contribution in [3.8, 4) is 0 Å². The second kappa shape index (κ2) is 5.68. The molecular formula is C13H14F2N4O. The Morgan fingerprint density at radius 3 is 2.50 bits per heavy atom. The zero-order chi connectivity index (χ0) is 14.7. The van der Waals surface area contributed by atoms with E-state index < -0.39 is 17.5 Å². The van der Waals surface area contributed by atoms with E-state index >= 15 is 0 Å². The average Bonchev–Trinajstić information content (AvgIpc) is 2.81. The average molecular weight is 280 g/mol. The summed E-state index contributed by atoms with van der Waals surface area (Å²) in [5.41, 5.74) is 1.31. The van der Waals surface area contributed by atoms with Crippen molar-refractivity contribution in [2.45, 2.75) is 13.5 Å². The first-order chi connectivity index (χ1) is 9.52. The maximum atomic E-state index is 13.6. The maximum Gasteiger partial charge on any atom is 0.251 e. The van der Waals surface area contributed by atoms with Crippen LogP contribution in [0.1, 0.15) is 21.6 Å². The minimum atomic E-state index is -0.808. The third kappa shape index (κ3) is 2.76. The highest BCUT2D eigenvalue weighted by molar-refractivity contribution is 5.94. The lowest BCUT2D eigenvalue weighted by atomic mass is 10.1. The van der Waals surface area contributed by atoms with E-state index in [9.17, 15) is 13.6 Å². The molecule has 0 bridgehead atoms. The Morgan fingerprint density at radius 2 is 2.00 bits per heavy atom. The number of nitrogens with one attached hydrogen (secondary N) is 3. The Labute approximate surface area is 114 Å². The van der Waals surface area contributed by atoms with Crippen LogP contribution in [0.4, 0.5) is 14.5 Å². The number of benzene rings is 1. The Hall–Kier alpha value is -2.44. The molecular weight excluding hydrogens is 266 g/mol. The SMILES string of the molecule is CNc1c(F)cc(C(=O)NCc2cn[nH]c2C)cc1F. The van der Waals surface area contributed by atoms with E-state index in [0.717, 1.165) is 23.4 Å². The van der Waals surface area contributed by atoms with Crippen LogP contribution in [0.15, 0.2) is 18.3 Å². The van der Waals surface area contributed by atoms with Crippen LogP contribution in [0.25, 0.3) is 0 Å². The van der Waals surface area contributed by atoms with E-state index in [2.05, 4.69) is 20.8 Å². The topological polar surface area (TPSA) is 69.8 Å². The lowest BCUT2D eigenvalue weighted by molar-refractivity contribution is 0.0950. The van der Waals surface area contributed by atoms with Crippen molar-refractivity contribution in [2.75, 3.05) is 12.4 Å². The highest BCUT2D eigenvalue weighted by Crippen LogP contribution is 2.20. The number of rotatable bonds is 4. The van der Waals surface area contributed by atoms with Crippen molar-refractivity contribution in [1.29, 1.82) is 0 Å². The lowest BCUT2D eigenvalue weighted by Gasteiger charge is -2.08. The van der Waals surface area contributed by atoms with Crippen molar-refractivity contribution < 1.29 is 13.6 Å². The standard InChI is InChI=1S/C13H14F2N4O/c1-7-9(6-18-19-7)5-17-13(20)8-3-10(14)12(16-2)11(15)4-8/h3-4,6,16H,5H2,1-2H3,(H,17,20)(H,18,19). The molecule has 1 amide bonds. The molecule has 5 nitrogen and oxygen atoms in total. The molecule has 0 saturated carbocycles. The summed E-state index contributed by atoms with van der Waals surface area (Å²) in [7, 11) is 1.41. The number of aromatic nitrogens is 2. The second-order valence-corrected chi connectivity index (χ2v) is 4.27. The predicted octanol–water partition coefficient (Wildman–Crippen LogP) is 1.97. The van der Waals surface area contributed by atoms with Crippen LogP contribution in [-0.2, 0) is 6.54 Å². The molecule has 1 aromatic heterocycles. The van der Waals surface area contributed by atoms with Crippen LogP contribution in [0.2, 0.25) is 0 Å². The molecule has 1 heterocycles. The monoisotopic (exact) mass is 280 g/mol. The van der Waals surface area contributed by atoms with Crippen molar-refractivity contribution >= 4 is 11.6 Å². The molecule has 0 spiro atoms. The largest absolute Gasteiger partial charge is 0.383 e. The fraction of sp³-hybridized carbons (Fsp3) is 0.231. The third-order valence-corrected chi connectivity index (χ3v) is 2.93. The smallest absolute Gasteiger partial charge is 0.251 e. The van der Waals surface area contributed by atoms with Gasteiger partial charge in [-0.3, -0.25) is 9.89 Å². The Bertz CT molecular complexity index is 616. The van der Waals surface area contributed by atoms with Crippen molar-refractivity contribution in [2.24, 2.45) is 0 Å². The predicted molar refractivity (Wildman–Crippen MR) is 70.4 cm³/mol. The number of anilines is 1. The van der Waals surface area contributed by atoms with E-state index in [4.69, 9.17) is 0 Å². The molecule has 0 saturated heterocycles. The number of aryl methyl sites for hydroxylation is 1. The molecule has 7 heteroatoms. The van der Waals surface area contributed by atoms with Gasteiger partial charge in [-0.15, -0.1) is 0 Å². The molecule has 0 aliphatic rings. The van der Waals surface area contributed by atoms with E-state index in [1.54, 1.807) is 6.20 Å². The Kier molecular flexibility index (Phi) is 3.97. The van der Waals surface area contributed by atoms with Crippen molar-refractivity contribution in [1.82, 2.24) is 15.5 Å². The molecule has 0 fully saturated rings. The zero-order valence-electron chi connectivity index (χ0n) is 11.1. The highest BCUT2D eigenvalue weighted by Gasteiger charge is 2.14. The molecule has 0 radical (unpaired) electrons. The summed E-state index contributed by atoms with van der Waals surface area (Å²) in [6, 6.07) is 1.99. The van der Waals surface area contributed by atoms with Gasteiger partial charge in [0.15, 0.2) is 0 Å². The lowest BCUT2D eigenvalue weighted by Crippen LogP contribution is -2.23. The maximum absolute atomic E-state index is 13.6. The summed E-state index contributed by atoms with van der Waals surface area (Å²) >= 11 is 0. The molecule has 0 aliphatic heterocycles. The molecule has 2 rings (SSSR count). The zero-order valence-corrected chi connectivity index (χ0v) is 11.1. The molecule has 1 aromatic carbocycles. The van der Waals surface area contributed by atoms with Gasteiger partial charge >= 0.3 is 0 Å². The van der Waals surface area contributed by atoms with Gasteiger partial charge in [0, 0.05) is 30.4 Å². The van der Waals surface area contributed by atoms with Crippen LogP contribution in [-0.4, -0.2) is 23.2 Å². The van der Waals surface area contributed by atoms with Gasteiger partial charge in [-0.25, -0.2) is 8.78 Å². The molecule has 2 aromatic rings. The summed E-state index contributed by atoms with van der Waals surface area (Å²) in [4.78, 5) is 11.9. The van der Waals surface area contributed by atoms with E-state index in [0.29, 0.717) is 0 Å². The number of H-pyrrole nitrogens is 1. The van der Waals surface area contributed by atoms with Gasteiger partial charge in [0.05, 0.1) is 6.20 Å².